The predicted octanol–water partition coefficient (Wildman–Crippen LogP) is 9.08. The first-order chi connectivity index (χ1) is 16.9. The normalized spacial score (nSPS) is 15.1. The van der Waals surface area contributed by atoms with Crippen LogP contribution in [0.15, 0.2) is 76.5 Å². The molecule has 0 saturated heterocycles. The van der Waals surface area contributed by atoms with E-state index in [0.29, 0.717) is 6.61 Å². The zero-order valence-corrected chi connectivity index (χ0v) is 22.7. The van der Waals surface area contributed by atoms with Crippen molar-refractivity contribution in [2.45, 2.75) is 36.1 Å². The van der Waals surface area contributed by atoms with Gasteiger partial charge in [-0.1, -0.05) is 68.9 Å². The Morgan fingerprint density at radius 3 is 2.26 bits per heavy atom. The Morgan fingerprint density at radius 2 is 1.60 bits per heavy atom. The van der Waals surface area contributed by atoms with Gasteiger partial charge in [-0.25, -0.2) is 4.79 Å². The summed E-state index contributed by atoms with van der Waals surface area (Å²) in [5.74, 6) is 0.778. The summed E-state index contributed by atoms with van der Waals surface area (Å²) in [5, 5.41) is 0. The Labute approximate surface area is 221 Å². The van der Waals surface area contributed by atoms with Crippen LogP contribution >= 0.6 is 44.7 Å². The molecule has 0 radical (unpaired) electrons. The molecule has 35 heavy (non-hydrogen) atoms. The fourth-order valence-electron chi connectivity index (χ4n) is 4.82. The minimum atomic E-state index is -0.584. The van der Waals surface area contributed by atoms with E-state index in [2.05, 4.69) is 26.0 Å². The number of carbonyl (C=O) groups excluding carboxylic acids is 1. The monoisotopic (exact) mass is 534 g/mol. The van der Waals surface area contributed by atoms with E-state index in [1.54, 1.807) is 32.4 Å². The summed E-state index contributed by atoms with van der Waals surface area (Å²) in [6.45, 7) is 6.76. The number of benzene rings is 3. The number of hydrogen-bond acceptors (Lipinski definition) is 6. The lowest BCUT2D eigenvalue weighted by Gasteiger charge is -2.45. The van der Waals surface area contributed by atoms with Crippen LogP contribution in [0.3, 0.4) is 0 Å². The molecule has 0 bridgehead atoms. The molecular formula is C27H22N2O2S4. The second-order valence-corrected chi connectivity index (χ2v) is 12.7. The maximum Gasteiger partial charge on any atom is 0.334 e. The maximum absolute atomic E-state index is 14.7. The van der Waals surface area contributed by atoms with Gasteiger partial charge >= 0.3 is 6.03 Å². The lowest BCUT2D eigenvalue weighted by atomic mass is 9.87. The lowest BCUT2D eigenvalue weighted by molar-refractivity contribution is 0.247. The van der Waals surface area contributed by atoms with Crippen LogP contribution in [0.5, 0.6) is 5.75 Å². The minimum Gasteiger partial charge on any atom is -0.494 e. The van der Waals surface area contributed by atoms with Crippen molar-refractivity contribution in [3.05, 3.63) is 75.4 Å². The van der Waals surface area contributed by atoms with Crippen molar-refractivity contribution < 1.29 is 9.53 Å². The standard InChI is InChI=1S/C27H22N2O2S4/c1-4-31-16-13-14-18-17(15-16)23-24(34-35-25(23)32)27(2,3)29(18)26(30)28-19-9-5-7-11-21(19)33-22-12-8-6-10-20(22)28/h5-15H,4H2,1-3H3. The van der Waals surface area contributed by atoms with Crippen molar-refractivity contribution in [2.75, 3.05) is 16.4 Å². The summed E-state index contributed by atoms with van der Waals surface area (Å²) in [6, 6.07) is 22.1. The molecule has 0 atom stereocenters. The van der Waals surface area contributed by atoms with E-state index >= 15 is 0 Å². The highest BCUT2D eigenvalue weighted by atomic mass is 32.9. The van der Waals surface area contributed by atoms with Gasteiger partial charge in [-0.2, -0.15) is 0 Å². The van der Waals surface area contributed by atoms with E-state index in [0.717, 1.165) is 52.4 Å². The highest BCUT2D eigenvalue weighted by molar-refractivity contribution is 7.99. The van der Waals surface area contributed by atoms with Crippen molar-refractivity contribution in [3.8, 4) is 16.9 Å². The summed E-state index contributed by atoms with van der Waals surface area (Å²) < 4.78 is 6.67. The molecule has 3 heterocycles. The number of hydrogen-bond donors (Lipinski definition) is 0. The van der Waals surface area contributed by atoms with Gasteiger partial charge in [0.25, 0.3) is 0 Å². The number of anilines is 3. The van der Waals surface area contributed by atoms with Crippen LogP contribution in [0.2, 0.25) is 0 Å². The number of urea groups is 1. The molecule has 0 spiro atoms. The van der Waals surface area contributed by atoms with Crippen molar-refractivity contribution in [1.29, 1.82) is 0 Å². The van der Waals surface area contributed by atoms with Crippen LogP contribution in [0.25, 0.3) is 11.1 Å². The largest absolute Gasteiger partial charge is 0.494 e. The number of fused-ring (bicyclic) bond motifs is 5. The van der Waals surface area contributed by atoms with Crippen LogP contribution in [0, 0.1) is 3.82 Å². The van der Waals surface area contributed by atoms with E-state index < -0.39 is 5.54 Å². The molecule has 6 rings (SSSR count). The SMILES string of the molecule is CCOc1ccc2c(c1)-c1c(ssc1=S)C(C)(C)N2C(=O)N1c2ccccc2Sc2ccccc21. The summed E-state index contributed by atoms with van der Waals surface area (Å²) in [5.41, 5.74) is 4.06. The Kier molecular flexibility index (Phi) is 5.52. The first kappa shape index (κ1) is 22.8. The van der Waals surface area contributed by atoms with Gasteiger partial charge in [0.2, 0.25) is 0 Å². The Bertz CT molecular complexity index is 1490. The minimum absolute atomic E-state index is 0.0874. The van der Waals surface area contributed by atoms with Gasteiger partial charge in [0, 0.05) is 20.9 Å². The molecule has 0 saturated carbocycles. The molecular weight excluding hydrogens is 513 g/mol. The second-order valence-electron chi connectivity index (χ2n) is 8.82. The van der Waals surface area contributed by atoms with E-state index in [1.807, 2.05) is 71.3 Å². The van der Waals surface area contributed by atoms with E-state index in [1.165, 1.54) is 0 Å². The summed E-state index contributed by atoms with van der Waals surface area (Å²) in [4.78, 5) is 21.7. The van der Waals surface area contributed by atoms with Gasteiger partial charge < -0.3 is 4.74 Å². The first-order valence-corrected chi connectivity index (χ1v) is 14.7. The first-order valence-electron chi connectivity index (χ1n) is 11.3. The molecule has 1 aromatic heterocycles. The molecule has 2 aliphatic heterocycles. The molecule has 4 aromatic rings. The fraction of sp³-hybridized carbons (Fsp3) is 0.185. The third-order valence-electron chi connectivity index (χ3n) is 6.35. The van der Waals surface area contributed by atoms with E-state index in [-0.39, 0.29) is 6.03 Å². The number of amides is 2. The van der Waals surface area contributed by atoms with Crippen LogP contribution in [-0.2, 0) is 5.54 Å². The van der Waals surface area contributed by atoms with Gasteiger partial charge in [0.05, 0.1) is 34.1 Å². The average Bonchev–Trinajstić information content (AvgIpc) is 3.25. The van der Waals surface area contributed by atoms with E-state index in [9.17, 15) is 4.79 Å². The average molecular weight is 535 g/mol. The van der Waals surface area contributed by atoms with Crippen molar-refractivity contribution in [2.24, 2.45) is 0 Å². The quantitative estimate of drug-likeness (QED) is 0.190. The zero-order valence-electron chi connectivity index (χ0n) is 19.4. The fourth-order valence-corrected chi connectivity index (χ4v) is 9.16. The summed E-state index contributed by atoms with van der Waals surface area (Å²) in [7, 11) is 3.25. The highest BCUT2D eigenvalue weighted by Gasteiger charge is 2.46. The number of para-hydroxylation sites is 2. The smallest absolute Gasteiger partial charge is 0.334 e. The second kappa shape index (κ2) is 8.48. The molecule has 3 aromatic carbocycles. The van der Waals surface area contributed by atoms with Crippen LogP contribution in [0.1, 0.15) is 25.6 Å². The van der Waals surface area contributed by atoms with Crippen molar-refractivity contribution in [1.82, 2.24) is 0 Å². The highest BCUT2D eigenvalue weighted by Crippen LogP contribution is 2.55. The number of ether oxygens (including phenoxy) is 1. The molecule has 0 N–H and O–H groups in total. The molecule has 2 amide bonds. The lowest BCUT2D eigenvalue weighted by Crippen LogP contribution is -2.52. The van der Waals surface area contributed by atoms with Crippen molar-refractivity contribution in [3.63, 3.8) is 0 Å². The van der Waals surface area contributed by atoms with Gasteiger partial charge in [-0.3, -0.25) is 9.80 Å². The molecule has 176 valence electrons. The maximum atomic E-state index is 14.7. The Balaban J connectivity index is 1.58. The summed E-state index contributed by atoms with van der Waals surface area (Å²) >= 11 is 7.46. The third kappa shape index (κ3) is 3.46. The number of rotatable bonds is 2. The van der Waals surface area contributed by atoms with Gasteiger partial charge in [0.1, 0.15) is 9.57 Å². The predicted molar refractivity (Wildman–Crippen MR) is 150 cm³/mol. The summed E-state index contributed by atoms with van der Waals surface area (Å²) in [6.07, 6.45) is 0. The number of nitrogens with zero attached hydrogens (tertiary/aromatic N) is 2. The molecule has 4 nitrogen and oxygen atoms in total. The van der Waals surface area contributed by atoms with Crippen LogP contribution in [-0.4, -0.2) is 12.6 Å². The zero-order chi connectivity index (χ0) is 24.3. The van der Waals surface area contributed by atoms with Crippen LogP contribution in [0.4, 0.5) is 21.9 Å². The molecule has 0 unspecified atom stereocenters. The molecule has 8 heteroatoms. The molecule has 0 fully saturated rings. The van der Waals surface area contributed by atoms with Gasteiger partial charge in [0.15, 0.2) is 0 Å². The Hall–Kier alpha value is -2.65. The van der Waals surface area contributed by atoms with E-state index in [4.69, 9.17) is 17.0 Å². The third-order valence-corrected chi connectivity index (χ3v) is 10.8. The number of carbonyl (C=O) groups is 1. The Morgan fingerprint density at radius 1 is 0.943 bits per heavy atom. The molecule has 2 aliphatic rings. The molecule has 0 aliphatic carbocycles. The van der Waals surface area contributed by atoms with Crippen molar-refractivity contribution >= 4 is 67.8 Å². The topological polar surface area (TPSA) is 32.8 Å². The van der Waals surface area contributed by atoms with Gasteiger partial charge in [-0.15, -0.1) is 0 Å². The van der Waals surface area contributed by atoms with Gasteiger partial charge in [-0.05, 0) is 63.2 Å². The van der Waals surface area contributed by atoms with Crippen LogP contribution < -0.4 is 14.5 Å².